The van der Waals surface area contributed by atoms with E-state index in [2.05, 4.69) is 20.9 Å². The maximum Gasteiger partial charge on any atom is 0.280 e. The third-order valence-corrected chi connectivity index (χ3v) is 4.02. The molecule has 3 heterocycles. The van der Waals surface area contributed by atoms with E-state index in [-0.39, 0.29) is 17.1 Å². The molecule has 0 radical (unpaired) electrons. The van der Waals surface area contributed by atoms with Crippen molar-refractivity contribution in [1.82, 2.24) is 19.5 Å². The van der Waals surface area contributed by atoms with Gasteiger partial charge in [0.2, 0.25) is 5.95 Å². The number of aliphatic hydroxyl groups excluding tert-OH is 1. The van der Waals surface area contributed by atoms with Gasteiger partial charge in [-0.3, -0.25) is 14.3 Å². The Morgan fingerprint density at radius 1 is 1.70 bits per heavy atom. The summed E-state index contributed by atoms with van der Waals surface area (Å²) in [6.45, 7) is -2.93. The Labute approximate surface area is 141 Å². The molecule has 0 bridgehead atoms. The molecule has 2 aromatic rings. The lowest BCUT2D eigenvalue weighted by molar-refractivity contribution is -0.0436. The van der Waals surface area contributed by atoms with Crippen LogP contribution in [-0.2, 0) is 4.74 Å². The number of ether oxygens (including phenoxy) is 1. The van der Waals surface area contributed by atoms with Gasteiger partial charge in [0.1, 0.15) is 12.2 Å². The Kier molecular flexibility index (Phi) is 3.35. The van der Waals surface area contributed by atoms with Gasteiger partial charge < -0.3 is 20.7 Å². The smallest absolute Gasteiger partial charge is 0.280 e. The number of hydrogen-bond donors (Lipinski definition) is 4. The first-order valence-corrected chi connectivity index (χ1v) is 6.95. The van der Waals surface area contributed by atoms with Gasteiger partial charge in [-0.25, -0.2) is 4.98 Å². The van der Waals surface area contributed by atoms with E-state index in [1.54, 1.807) is 0 Å². The van der Waals surface area contributed by atoms with Gasteiger partial charge >= 0.3 is 0 Å². The maximum absolute atomic E-state index is 11.9. The summed E-state index contributed by atoms with van der Waals surface area (Å²) in [5.41, 5.74) is 4.80. The SMILES string of the molecule is [2H]C([2H])(O)[C@H]1O[C@@H](n2cnc3c(=O)[nH]c(N)nc32)C(Cl)(C#CCl)[C@H]1O. The Balaban J connectivity index is 2.21. The molecular weight excluding hydrogens is 349 g/mol. The predicted octanol–water partition coefficient (Wildman–Crippen LogP) is -0.870. The lowest BCUT2D eigenvalue weighted by atomic mass is 9.99. The van der Waals surface area contributed by atoms with Gasteiger partial charge in [0.15, 0.2) is 22.3 Å². The summed E-state index contributed by atoms with van der Waals surface area (Å²) in [4.78, 5) is 20.0. The van der Waals surface area contributed by atoms with Gasteiger partial charge in [-0.1, -0.05) is 17.5 Å². The molecule has 23 heavy (non-hydrogen) atoms. The van der Waals surface area contributed by atoms with Crippen molar-refractivity contribution in [2.45, 2.75) is 23.3 Å². The van der Waals surface area contributed by atoms with Crippen LogP contribution in [0.15, 0.2) is 11.1 Å². The van der Waals surface area contributed by atoms with Crippen LogP contribution in [0.5, 0.6) is 0 Å². The van der Waals surface area contributed by atoms with Gasteiger partial charge in [-0.15, -0.1) is 0 Å². The Hall–Kier alpha value is -1.83. The molecule has 1 aliphatic rings. The highest BCUT2D eigenvalue weighted by molar-refractivity contribution is 6.32. The fourth-order valence-corrected chi connectivity index (χ4v) is 2.89. The second-order valence-corrected chi connectivity index (χ2v) is 5.56. The summed E-state index contributed by atoms with van der Waals surface area (Å²) in [5, 5.41) is 22.0. The van der Waals surface area contributed by atoms with Crippen molar-refractivity contribution < 1.29 is 17.7 Å². The molecule has 1 saturated heterocycles. The van der Waals surface area contributed by atoms with Crippen molar-refractivity contribution in [1.29, 1.82) is 0 Å². The third kappa shape index (κ3) is 2.36. The average Bonchev–Trinajstić information content (AvgIpc) is 3.00. The molecule has 2 aromatic heterocycles. The lowest BCUT2D eigenvalue weighted by Gasteiger charge is -2.25. The number of anilines is 1. The highest BCUT2D eigenvalue weighted by atomic mass is 35.5. The molecule has 9 nitrogen and oxygen atoms in total. The van der Waals surface area contributed by atoms with E-state index in [9.17, 15) is 15.0 Å². The van der Waals surface area contributed by atoms with Gasteiger partial charge in [0.25, 0.3) is 5.56 Å². The zero-order chi connectivity index (χ0) is 18.6. The molecule has 0 amide bonds. The van der Waals surface area contributed by atoms with Crippen LogP contribution in [0, 0.1) is 11.3 Å². The summed E-state index contributed by atoms with van der Waals surface area (Å²) in [7, 11) is 0. The molecule has 1 aliphatic heterocycles. The minimum Gasteiger partial charge on any atom is -0.394 e. The molecular formula is C12H11Cl2N5O4. The van der Waals surface area contributed by atoms with E-state index in [1.807, 2.05) is 5.38 Å². The van der Waals surface area contributed by atoms with E-state index in [0.29, 0.717) is 0 Å². The van der Waals surface area contributed by atoms with Crippen molar-refractivity contribution in [2.24, 2.45) is 0 Å². The number of rotatable bonds is 2. The number of nitrogens with one attached hydrogen (secondary N) is 1. The number of nitrogen functional groups attached to an aromatic ring is 1. The largest absolute Gasteiger partial charge is 0.394 e. The molecule has 0 aromatic carbocycles. The monoisotopic (exact) mass is 361 g/mol. The summed E-state index contributed by atoms with van der Waals surface area (Å²) in [6, 6.07) is 0. The Morgan fingerprint density at radius 2 is 2.43 bits per heavy atom. The number of H-pyrrole nitrogens is 1. The van der Waals surface area contributed by atoms with Gasteiger partial charge in [0, 0.05) is 5.38 Å². The Morgan fingerprint density at radius 3 is 3.09 bits per heavy atom. The first-order valence-electron chi connectivity index (χ1n) is 7.19. The summed E-state index contributed by atoms with van der Waals surface area (Å²) < 4.78 is 21.4. The molecule has 4 atom stereocenters. The normalized spacial score (nSPS) is 32.3. The van der Waals surface area contributed by atoms with Crippen LogP contribution in [-0.4, -0.2) is 53.4 Å². The quantitative estimate of drug-likeness (QED) is 0.402. The second-order valence-electron chi connectivity index (χ2n) is 4.75. The van der Waals surface area contributed by atoms with E-state index >= 15 is 0 Å². The zero-order valence-electron chi connectivity index (χ0n) is 13.2. The fraction of sp³-hybridized carbons (Fsp3) is 0.417. The average molecular weight is 362 g/mol. The summed E-state index contributed by atoms with van der Waals surface area (Å²) in [6.07, 6.45) is -3.74. The van der Waals surface area contributed by atoms with Crippen LogP contribution in [0.1, 0.15) is 8.97 Å². The standard InChI is InChI=1S/C12H11Cl2N5O4/c13-2-1-12(14)7(21)5(3-20)23-10(12)19-4-16-6-8(19)17-11(15)18-9(6)22/h4-5,7,10,20-21H,3H2,(H3,15,17,18,22)/t5-,7+,10-,12?/m1/s1/i3D2. The van der Waals surface area contributed by atoms with E-state index in [4.69, 9.17) is 36.4 Å². The zero-order valence-corrected chi connectivity index (χ0v) is 12.7. The van der Waals surface area contributed by atoms with E-state index < -0.39 is 35.4 Å². The molecule has 1 fully saturated rings. The molecule has 0 aliphatic carbocycles. The number of hydrogen-bond acceptors (Lipinski definition) is 7. The van der Waals surface area contributed by atoms with Crippen molar-refractivity contribution in [3.63, 3.8) is 0 Å². The number of nitrogens with two attached hydrogens (primary N) is 1. The van der Waals surface area contributed by atoms with Gasteiger partial charge in [-0.2, -0.15) is 4.98 Å². The van der Waals surface area contributed by atoms with Crippen molar-refractivity contribution in [3.8, 4) is 11.3 Å². The fourth-order valence-electron chi connectivity index (χ4n) is 2.37. The first-order chi connectivity index (χ1) is 11.6. The van der Waals surface area contributed by atoms with Crippen molar-refractivity contribution >= 4 is 40.3 Å². The molecule has 3 rings (SSSR count). The minimum atomic E-state index is -2.93. The second kappa shape index (κ2) is 5.67. The number of alkyl halides is 1. The van der Waals surface area contributed by atoms with Crippen LogP contribution in [0.4, 0.5) is 5.95 Å². The van der Waals surface area contributed by atoms with Crippen molar-refractivity contribution in [2.75, 3.05) is 12.3 Å². The number of halogens is 2. The number of aromatic amines is 1. The number of aromatic nitrogens is 4. The maximum atomic E-state index is 11.9. The Bertz CT molecular complexity index is 949. The van der Waals surface area contributed by atoms with Crippen LogP contribution in [0.25, 0.3) is 11.2 Å². The topological polar surface area (TPSA) is 139 Å². The molecule has 0 saturated carbocycles. The minimum absolute atomic E-state index is 0.0287. The highest BCUT2D eigenvalue weighted by Crippen LogP contribution is 2.43. The predicted molar refractivity (Wildman–Crippen MR) is 81.8 cm³/mol. The van der Waals surface area contributed by atoms with Crippen LogP contribution < -0.4 is 11.3 Å². The number of fused-ring (bicyclic) bond motifs is 1. The van der Waals surface area contributed by atoms with Crippen LogP contribution >= 0.6 is 23.2 Å². The van der Waals surface area contributed by atoms with Crippen molar-refractivity contribution in [3.05, 3.63) is 16.7 Å². The highest BCUT2D eigenvalue weighted by Gasteiger charge is 2.56. The third-order valence-electron chi connectivity index (χ3n) is 3.42. The molecule has 11 heteroatoms. The number of aliphatic hydroxyl groups is 2. The molecule has 5 N–H and O–H groups in total. The van der Waals surface area contributed by atoms with Crippen LogP contribution in [0.2, 0.25) is 0 Å². The van der Waals surface area contributed by atoms with Gasteiger partial charge in [0.05, 0.1) is 15.6 Å². The lowest BCUT2D eigenvalue weighted by Crippen LogP contribution is -2.41. The van der Waals surface area contributed by atoms with E-state index in [0.717, 1.165) is 10.9 Å². The molecule has 0 spiro atoms. The van der Waals surface area contributed by atoms with Crippen LogP contribution in [0.3, 0.4) is 0 Å². The van der Waals surface area contributed by atoms with E-state index in [1.165, 1.54) is 0 Å². The molecule has 1 unspecified atom stereocenters. The first kappa shape index (κ1) is 13.6. The number of imidazole rings is 1. The summed E-state index contributed by atoms with van der Waals surface area (Å²) >= 11 is 11.8. The van der Waals surface area contributed by atoms with Gasteiger partial charge in [-0.05, 0) is 11.6 Å². The summed E-state index contributed by atoms with van der Waals surface area (Å²) in [5.74, 6) is 2.14. The number of nitrogens with zero attached hydrogens (tertiary/aromatic N) is 3. The molecule has 122 valence electrons.